The number of imidazole rings is 1. The summed E-state index contributed by atoms with van der Waals surface area (Å²) in [6.45, 7) is 10.3. The van der Waals surface area contributed by atoms with Crippen molar-refractivity contribution in [3.63, 3.8) is 0 Å². The van der Waals surface area contributed by atoms with E-state index in [2.05, 4.69) is 31.9 Å². The molecule has 12 nitrogen and oxygen atoms in total. The Morgan fingerprint density at radius 3 is 2.35 bits per heavy atom. The Morgan fingerprint density at radius 1 is 1.00 bits per heavy atom. The largest absolute Gasteiger partial charge is 0.496 e. The number of nitrogens with two attached hydrogens (primary N) is 1. The second kappa shape index (κ2) is 17.1. The number of hydrogen-bond acceptors (Lipinski definition) is 10. The summed E-state index contributed by atoms with van der Waals surface area (Å²) in [7, 11) is 3.58. The number of aromatic nitrogens is 4. The number of fused-ring (bicyclic) bond motifs is 1. The van der Waals surface area contributed by atoms with Crippen LogP contribution in [-0.2, 0) is 15.7 Å². The third-order valence-corrected chi connectivity index (χ3v) is 7.70. The summed E-state index contributed by atoms with van der Waals surface area (Å²) in [4.78, 5) is 37.5. The first-order chi connectivity index (χ1) is 23.1. The Balaban J connectivity index is 0.000000231. The SMILES string of the molecule is CCN.CN1CCN(CC(=O)N2CCOCC2)CC1.COc1cc(-c2cnc3ccc(-c4cncc(C(F)(F)F)c4)nn23)ccc1C=O. The minimum absolute atomic E-state index is 0.232. The molecule has 0 spiro atoms. The van der Waals surface area contributed by atoms with Gasteiger partial charge in [-0.05, 0) is 43.9 Å². The number of pyridine rings is 1. The molecule has 0 bridgehead atoms. The number of methoxy groups -OCH3 is 1. The molecule has 3 aromatic heterocycles. The second-order valence-electron chi connectivity index (χ2n) is 11.1. The number of benzene rings is 1. The maximum Gasteiger partial charge on any atom is 0.417 e. The Kier molecular flexibility index (Phi) is 13.0. The average molecular weight is 671 g/mol. The molecule has 2 fully saturated rings. The van der Waals surface area contributed by atoms with Crippen LogP contribution in [0.3, 0.4) is 0 Å². The lowest BCUT2D eigenvalue weighted by molar-refractivity contribution is -0.138. The number of morpholine rings is 1. The summed E-state index contributed by atoms with van der Waals surface area (Å²) in [6.07, 6.45) is -0.127. The average Bonchev–Trinajstić information content (AvgIpc) is 3.53. The zero-order valence-electron chi connectivity index (χ0n) is 27.3. The van der Waals surface area contributed by atoms with E-state index in [1.54, 1.807) is 36.5 Å². The van der Waals surface area contributed by atoms with Gasteiger partial charge in [0, 0.05) is 62.8 Å². The summed E-state index contributed by atoms with van der Waals surface area (Å²) in [5, 5.41) is 4.44. The van der Waals surface area contributed by atoms with Gasteiger partial charge < -0.3 is 25.0 Å². The number of rotatable bonds is 6. The molecule has 5 heterocycles. The van der Waals surface area contributed by atoms with Gasteiger partial charge in [-0.3, -0.25) is 19.5 Å². The molecular weight excluding hydrogens is 629 g/mol. The van der Waals surface area contributed by atoms with Gasteiger partial charge in [-0.15, -0.1) is 0 Å². The molecule has 258 valence electrons. The highest BCUT2D eigenvalue weighted by atomic mass is 19.4. The lowest BCUT2D eigenvalue weighted by Crippen LogP contribution is -2.50. The Hall–Kier alpha value is -4.44. The van der Waals surface area contributed by atoms with Crippen molar-refractivity contribution in [1.29, 1.82) is 0 Å². The summed E-state index contributed by atoms with van der Waals surface area (Å²) in [6, 6.07) is 9.24. The van der Waals surface area contributed by atoms with Gasteiger partial charge in [0.2, 0.25) is 5.91 Å². The molecule has 0 saturated carbocycles. The molecule has 1 aromatic carbocycles. The van der Waals surface area contributed by atoms with Crippen molar-refractivity contribution in [3.8, 4) is 28.3 Å². The van der Waals surface area contributed by atoms with Crippen LogP contribution >= 0.6 is 0 Å². The van der Waals surface area contributed by atoms with Crippen molar-refractivity contribution in [2.75, 3.05) is 79.7 Å². The van der Waals surface area contributed by atoms with E-state index in [0.717, 1.165) is 58.1 Å². The fraction of sp³-hybridized carbons (Fsp3) is 0.424. The maximum atomic E-state index is 13.0. The van der Waals surface area contributed by atoms with Crippen molar-refractivity contribution < 1.29 is 32.2 Å². The number of carbonyl (C=O) groups is 2. The van der Waals surface area contributed by atoms with Crippen LogP contribution < -0.4 is 10.5 Å². The molecule has 15 heteroatoms. The van der Waals surface area contributed by atoms with Gasteiger partial charge in [0.25, 0.3) is 0 Å². The second-order valence-corrected chi connectivity index (χ2v) is 11.1. The van der Waals surface area contributed by atoms with E-state index in [1.165, 1.54) is 17.8 Å². The quantitative estimate of drug-likeness (QED) is 0.305. The number of piperazine rings is 1. The molecule has 2 saturated heterocycles. The van der Waals surface area contributed by atoms with Crippen LogP contribution in [0.5, 0.6) is 5.75 Å². The van der Waals surface area contributed by atoms with Crippen LogP contribution in [0.15, 0.2) is 55.0 Å². The molecule has 4 aromatic rings. The maximum absolute atomic E-state index is 13.0. The van der Waals surface area contributed by atoms with E-state index in [9.17, 15) is 22.8 Å². The van der Waals surface area contributed by atoms with E-state index in [0.29, 0.717) is 60.0 Å². The summed E-state index contributed by atoms with van der Waals surface area (Å²) in [5.74, 6) is 0.651. The van der Waals surface area contributed by atoms with Crippen LogP contribution in [0.2, 0.25) is 0 Å². The summed E-state index contributed by atoms with van der Waals surface area (Å²) >= 11 is 0. The topological polar surface area (TPSA) is 131 Å². The van der Waals surface area contributed by atoms with Gasteiger partial charge in [0.05, 0.1) is 55.6 Å². The van der Waals surface area contributed by atoms with Gasteiger partial charge in [0.1, 0.15) is 5.75 Å². The highest BCUT2D eigenvalue weighted by molar-refractivity contribution is 5.82. The molecule has 0 aliphatic carbocycles. The van der Waals surface area contributed by atoms with E-state index < -0.39 is 11.7 Å². The molecule has 2 N–H and O–H groups in total. The third-order valence-electron chi connectivity index (χ3n) is 7.70. The predicted molar refractivity (Wildman–Crippen MR) is 175 cm³/mol. The molecule has 48 heavy (non-hydrogen) atoms. The number of aldehydes is 1. The first-order valence-corrected chi connectivity index (χ1v) is 15.5. The molecule has 2 aliphatic rings. The number of ether oxygens (including phenoxy) is 2. The molecule has 6 rings (SSSR count). The van der Waals surface area contributed by atoms with Gasteiger partial charge in [-0.25, -0.2) is 9.50 Å². The van der Waals surface area contributed by atoms with Crippen molar-refractivity contribution in [3.05, 3.63) is 66.1 Å². The summed E-state index contributed by atoms with van der Waals surface area (Å²) < 4.78 is 51.0. The number of alkyl halides is 3. The predicted octanol–water partition coefficient (Wildman–Crippen LogP) is 3.36. The fourth-order valence-electron chi connectivity index (χ4n) is 5.04. The zero-order chi connectivity index (χ0) is 34.7. The van der Waals surface area contributed by atoms with E-state index in [-0.39, 0.29) is 11.5 Å². The van der Waals surface area contributed by atoms with Gasteiger partial charge in [-0.1, -0.05) is 13.0 Å². The van der Waals surface area contributed by atoms with Crippen molar-refractivity contribution in [2.24, 2.45) is 5.73 Å². The third kappa shape index (κ3) is 9.56. The minimum Gasteiger partial charge on any atom is -0.496 e. The first-order valence-electron chi connectivity index (χ1n) is 15.5. The Bertz CT molecular complexity index is 1650. The number of nitrogens with zero attached hydrogens (tertiary/aromatic N) is 7. The fourth-order valence-corrected chi connectivity index (χ4v) is 5.04. The molecule has 0 atom stereocenters. The lowest BCUT2D eigenvalue weighted by Gasteiger charge is -2.34. The number of halogens is 3. The van der Waals surface area contributed by atoms with Crippen molar-refractivity contribution >= 4 is 17.8 Å². The smallest absolute Gasteiger partial charge is 0.417 e. The van der Waals surface area contributed by atoms with Gasteiger partial charge >= 0.3 is 6.18 Å². The Morgan fingerprint density at radius 2 is 1.71 bits per heavy atom. The Labute approximate surface area is 277 Å². The summed E-state index contributed by atoms with van der Waals surface area (Å²) in [5.41, 5.74) is 6.74. The lowest BCUT2D eigenvalue weighted by atomic mass is 10.1. The molecular formula is C33H41F3N8O4. The van der Waals surface area contributed by atoms with E-state index in [4.69, 9.17) is 15.2 Å². The van der Waals surface area contributed by atoms with E-state index >= 15 is 0 Å². The monoisotopic (exact) mass is 670 g/mol. The van der Waals surface area contributed by atoms with Crippen LogP contribution in [0.25, 0.3) is 28.2 Å². The van der Waals surface area contributed by atoms with Crippen LogP contribution in [0, 0.1) is 0 Å². The molecule has 1 amide bonds. The number of hydrogen-bond donors (Lipinski definition) is 1. The minimum atomic E-state index is -4.50. The van der Waals surface area contributed by atoms with Crippen molar-refractivity contribution in [1.82, 2.24) is 34.3 Å². The van der Waals surface area contributed by atoms with Gasteiger partial charge in [-0.2, -0.15) is 18.3 Å². The van der Waals surface area contributed by atoms with Crippen LogP contribution in [-0.4, -0.2) is 126 Å². The zero-order valence-corrected chi connectivity index (χ0v) is 27.3. The first kappa shape index (κ1) is 36.4. The highest BCUT2D eigenvalue weighted by Gasteiger charge is 2.31. The van der Waals surface area contributed by atoms with Crippen LogP contribution in [0.1, 0.15) is 22.8 Å². The number of amides is 1. The normalized spacial score (nSPS) is 15.6. The standard InChI is InChI=1S/C20H13F3N4O2.C11H21N3O2.C2H7N/c1-29-18-7-12(2-3-13(18)11-28)17-10-25-19-5-4-16(26-27(17)19)14-6-15(9-24-8-14)20(21,22)23;1-12-2-4-13(5-3-12)10-11(15)14-6-8-16-9-7-14;1-2-3/h2-11H,1H3;2-10H2,1H3;2-3H2,1H3. The van der Waals surface area contributed by atoms with Crippen molar-refractivity contribution in [2.45, 2.75) is 13.1 Å². The van der Waals surface area contributed by atoms with Crippen LogP contribution in [0.4, 0.5) is 13.2 Å². The number of likely N-dealkylation sites (N-methyl/N-ethyl adjacent to an activating group) is 1. The number of carbonyl (C=O) groups excluding carboxylic acids is 2. The highest BCUT2D eigenvalue weighted by Crippen LogP contribution is 2.32. The molecule has 0 unspecified atom stereocenters. The van der Waals surface area contributed by atoms with Gasteiger partial charge in [0.15, 0.2) is 11.9 Å². The van der Waals surface area contributed by atoms with E-state index in [1.807, 2.05) is 11.8 Å². The molecule has 0 radical (unpaired) electrons. The molecule has 2 aliphatic heterocycles.